The van der Waals surface area contributed by atoms with Gasteiger partial charge in [0.1, 0.15) is 6.10 Å². The van der Waals surface area contributed by atoms with E-state index in [4.69, 9.17) is 4.74 Å². The van der Waals surface area contributed by atoms with E-state index < -0.39 is 0 Å². The third-order valence-electron chi connectivity index (χ3n) is 4.04. The fourth-order valence-electron chi connectivity index (χ4n) is 3.43. The Kier molecular flexibility index (Phi) is 5.03. The van der Waals surface area contributed by atoms with Crippen LogP contribution in [0.1, 0.15) is 52.5 Å². The molecule has 1 N–H and O–H groups in total. The van der Waals surface area contributed by atoms with E-state index in [1.54, 1.807) is 0 Å². The zero-order valence-electron chi connectivity index (χ0n) is 13.3. The molecule has 2 rings (SSSR count). The summed E-state index contributed by atoms with van der Waals surface area (Å²) in [5, 5.41) is 3.35. The topological polar surface area (TPSA) is 34.2 Å². The van der Waals surface area contributed by atoms with Gasteiger partial charge >= 0.3 is 0 Å². The Labute approximate surface area is 123 Å². The largest absolute Gasteiger partial charge is 0.474 e. The van der Waals surface area contributed by atoms with Gasteiger partial charge in [0.15, 0.2) is 0 Å². The standard InChI is InChI=1S/C17H28N2O/c1-5-18-12-14-7-6-8-19-16(14)20-15-9-13(2)10-17(3,4)11-15/h6-8,13,15,18H,5,9-12H2,1-4H3. The number of rotatable bonds is 5. The van der Waals surface area contributed by atoms with Gasteiger partial charge in [0.05, 0.1) is 0 Å². The molecule has 20 heavy (non-hydrogen) atoms. The van der Waals surface area contributed by atoms with E-state index in [9.17, 15) is 0 Å². The molecule has 1 aliphatic carbocycles. The summed E-state index contributed by atoms with van der Waals surface area (Å²) in [4.78, 5) is 4.44. The van der Waals surface area contributed by atoms with E-state index in [0.29, 0.717) is 11.5 Å². The second-order valence-corrected chi connectivity index (χ2v) is 6.90. The van der Waals surface area contributed by atoms with Gasteiger partial charge < -0.3 is 10.1 Å². The van der Waals surface area contributed by atoms with Crippen molar-refractivity contribution < 1.29 is 4.74 Å². The minimum atomic E-state index is 0.295. The van der Waals surface area contributed by atoms with Gasteiger partial charge in [0.2, 0.25) is 5.88 Å². The Morgan fingerprint density at radius 2 is 2.20 bits per heavy atom. The SMILES string of the molecule is CCNCc1cccnc1OC1CC(C)CC(C)(C)C1. The molecule has 0 radical (unpaired) electrons. The van der Waals surface area contributed by atoms with E-state index >= 15 is 0 Å². The third-order valence-corrected chi connectivity index (χ3v) is 4.04. The zero-order chi connectivity index (χ0) is 14.6. The maximum absolute atomic E-state index is 6.24. The molecule has 3 heteroatoms. The molecule has 112 valence electrons. The molecule has 0 saturated heterocycles. The molecule has 0 amide bonds. The molecule has 3 nitrogen and oxygen atoms in total. The van der Waals surface area contributed by atoms with Crippen LogP contribution in [0.25, 0.3) is 0 Å². The van der Waals surface area contributed by atoms with Gasteiger partial charge in [-0.2, -0.15) is 0 Å². The summed E-state index contributed by atoms with van der Waals surface area (Å²) in [5.74, 6) is 1.54. The van der Waals surface area contributed by atoms with Crippen LogP contribution in [-0.4, -0.2) is 17.6 Å². The number of nitrogens with one attached hydrogen (secondary N) is 1. The first-order valence-electron chi connectivity index (χ1n) is 7.81. The Morgan fingerprint density at radius 1 is 1.40 bits per heavy atom. The van der Waals surface area contributed by atoms with Crippen molar-refractivity contribution in [2.24, 2.45) is 11.3 Å². The maximum atomic E-state index is 6.24. The molecular weight excluding hydrogens is 248 g/mol. The minimum absolute atomic E-state index is 0.295. The van der Waals surface area contributed by atoms with Crippen molar-refractivity contribution in [3.05, 3.63) is 23.9 Å². The molecule has 1 aliphatic rings. The van der Waals surface area contributed by atoms with Gasteiger partial charge in [-0.15, -0.1) is 0 Å². The lowest BCUT2D eigenvalue weighted by atomic mass is 9.71. The van der Waals surface area contributed by atoms with Gasteiger partial charge in [-0.1, -0.05) is 33.8 Å². The molecule has 0 aliphatic heterocycles. The van der Waals surface area contributed by atoms with Gasteiger partial charge in [-0.25, -0.2) is 4.98 Å². The van der Waals surface area contributed by atoms with Crippen LogP contribution in [0.15, 0.2) is 18.3 Å². The van der Waals surface area contributed by atoms with E-state index in [2.05, 4.69) is 44.1 Å². The summed E-state index contributed by atoms with van der Waals surface area (Å²) in [6.45, 7) is 10.9. The van der Waals surface area contributed by atoms with Crippen molar-refractivity contribution in [1.29, 1.82) is 0 Å². The second-order valence-electron chi connectivity index (χ2n) is 6.90. The van der Waals surface area contributed by atoms with Crippen molar-refractivity contribution in [3.63, 3.8) is 0 Å². The second kappa shape index (κ2) is 6.57. The molecule has 1 fully saturated rings. The van der Waals surface area contributed by atoms with Gasteiger partial charge in [0, 0.05) is 18.3 Å². The summed E-state index contributed by atoms with van der Waals surface area (Å²) >= 11 is 0. The fourth-order valence-corrected chi connectivity index (χ4v) is 3.43. The Morgan fingerprint density at radius 3 is 2.90 bits per heavy atom. The number of ether oxygens (including phenoxy) is 1. The van der Waals surface area contributed by atoms with Crippen molar-refractivity contribution in [2.75, 3.05) is 6.54 Å². The van der Waals surface area contributed by atoms with Gasteiger partial charge in [-0.05, 0) is 43.2 Å². The maximum Gasteiger partial charge on any atom is 0.218 e. The predicted octanol–water partition coefficient (Wildman–Crippen LogP) is 3.78. The lowest BCUT2D eigenvalue weighted by Crippen LogP contribution is -2.34. The Hall–Kier alpha value is -1.09. The highest BCUT2D eigenvalue weighted by atomic mass is 16.5. The normalized spacial score (nSPS) is 25.4. The number of hydrogen-bond acceptors (Lipinski definition) is 3. The summed E-state index contributed by atoms with van der Waals surface area (Å²) in [7, 11) is 0. The van der Waals surface area contributed by atoms with Crippen LogP contribution in [0, 0.1) is 11.3 Å². The molecule has 1 saturated carbocycles. The van der Waals surface area contributed by atoms with Crippen LogP contribution in [0.3, 0.4) is 0 Å². The molecule has 1 aromatic rings. The molecule has 2 unspecified atom stereocenters. The Bertz CT molecular complexity index is 431. The van der Waals surface area contributed by atoms with Crippen LogP contribution >= 0.6 is 0 Å². The van der Waals surface area contributed by atoms with E-state index in [-0.39, 0.29) is 0 Å². The predicted molar refractivity (Wildman–Crippen MR) is 82.8 cm³/mol. The highest BCUT2D eigenvalue weighted by Gasteiger charge is 2.33. The third kappa shape index (κ3) is 4.20. The number of nitrogens with zero attached hydrogens (tertiary/aromatic N) is 1. The lowest BCUT2D eigenvalue weighted by Gasteiger charge is -2.38. The molecule has 2 atom stereocenters. The smallest absolute Gasteiger partial charge is 0.218 e. The van der Waals surface area contributed by atoms with Crippen LogP contribution in [0.4, 0.5) is 0 Å². The fraction of sp³-hybridized carbons (Fsp3) is 0.706. The monoisotopic (exact) mass is 276 g/mol. The van der Waals surface area contributed by atoms with Crippen molar-refractivity contribution >= 4 is 0 Å². The highest BCUT2D eigenvalue weighted by Crippen LogP contribution is 2.40. The average Bonchev–Trinajstić information content (AvgIpc) is 2.35. The summed E-state index contributed by atoms with van der Waals surface area (Å²) in [5.41, 5.74) is 1.53. The van der Waals surface area contributed by atoms with Crippen molar-refractivity contribution in [1.82, 2.24) is 10.3 Å². The van der Waals surface area contributed by atoms with E-state index in [0.717, 1.165) is 43.3 Å². The molecule has 1 aromatic heterocycles. The molecule has 0 aromatic carbocycles. The van der Waals surface area contributed by atoms with E-state index in [1.165, 1.54) is 6.42 Å². The summed E-state index contributed by atoms with van der Waals surface area (Å²) in [6, 6.07) is 4.08. The van der Waals surface area contributed by atoms with Crippen LogP contribution in [0.2, 0.25) is 0 Å². The van der Waals surface area contributed by atoms with Crippen LogP contribution in [-0.2, 0) is 6.54 Å². The number of pyridine rings is 1. The summed E-state index contributed by atoms with van der Waals surface area (Å²) in [6.07, 6.45) is 5.67. The van der Waals surface area contributed by atoms with Crippen LogP contribution < -0.4 is 10.1 Å². The highest BCUT2D eigenvalue weighted by molar-refractivity contribution is 5.25. The molecule has 0 bridgehead atoms. The average molecular weight is 276 g/mol. The van der Waals surface area contributed by atoms with Gasteiger partial charge in [-0.3, -0.25) is 0 Å². The van der Waals surface area contributed by atoms with Crippen molar-refractivity contribution in [3.8, 4) is 5.88 Å². The van der Waals surface area contributed by atoms with Crippen molar-refractivity contribution in [2.45, 2.75) is 59.6 Å². The van der Waals surface area contributed by atoms with E-state index in [1.807, 2.05) is 12.3 Å². The number of hydrogen-bond donors (Lipinski definition) is 1. The molecular formula is C17H28N2O. The minimum Gasteiger partial charge on any atom is -0.474 e. The van der Waals surface area contributed by atoms with Crippen LogP contribution in [0.5, 0.6) is 5.88 Å². The first kappa shape index (κ1) is 15.3. The first-order chi connectivity index (χ1) is 9.50. The molecule has 1 heterocycles. The quantitative estimate of drug-likeness (QED) is 0.888. The number of aromatic nitrogens is 1. The lowest BCUT2D eigenvalue weighted by molar-refractivity contribution is 0.0525. The molecule has 0 spiro atoms. The Balaban J connectivity index is 2.05. The first-order valence-corrected chi connectivity index (χ1v) is 7.81. The zero-order valence-corrected chi connectivity index (χ0v) is 13.3. The summed E-state index contributed by atoms with van der Waals surface area (Å²) < 4.78 is 6.24. The van der Waals surface area contributed by atoms with Gasteiger partial charge in [0.25, 0.3) is 0 Å².